The van der Waals surface area contributed by atoms with Gasteiger partial charge in [0, 0.05) is 5.69 Å². The van der Waals surface area contributed by atoms with Crippen molar-refractivity contribution in [2.24, 2.45) is 5.73 Å². The molecule has 0 heterocycles. The molecule has 4 N–H and O–H groups in total. The molecule has 0 radical (unpaired) electrons. The summed E-state index contributed by atoms with van der Waals surface area (Å²) in [5.41, 5.74) is 11.1. The van der Waals surface area contributed by atoms with Gasteiger partial charge in [-0.1, -0.05) is 6.07 Å². The smallest absolute Gasteiger partial charge is 0.255 e. The van der Waals surface area contributed by atoms with Crippen LogP contribution in [-0.2, 0) is 0 Å². The van der Waals surface area contributed by atoms with E-state index >= 15 is 0 Å². The second kappa shape index (κ2) is 5.43. The van der Waals surface area contributed by atoms with Crippen molar-refractivity contribution in [1.29, 1.82) is 0 Å². The largest absolute Gasteiger partial charge is 0.455 e. The van der Waals surface area contributed by atoms with Crippen molar-refractivity contribution in [1.82, 2.24) is 0 Å². The highest BCUT2D eigenvalue weighted by molar-refractivity contribution is 14.1. The highest BCUT2D eigenvalue weighted by Crippen LogP contribution is 2.31. The van der Waals surface area contributed by atoms with Crippen molar-refractivity contribution < 1.29 is 13.9 Å². The molecule has 0 aliphatic carbocycles. The van der Waals surface area contributed by atoms with Gasteiger partial charge >= 0.3 is 0 Å². The van der Waals surface area contributed by atoms with Crippen LogP contribution in [-0.4, -0.2) is 5.91 Å². The van der Waals surface area contributed by atoms with Crippen LogP contribution in [0.1, 0.15) is 10.4 Å². The Balaban J connectivity index is 2.44. The molecule has 0 bridgehead atoms. The Labute approximate surface area is 122 Å². The third-order valence-electron chi connectivity index (χ3n) is 2.40. The lowest BCUT2D eigenvalue weighted by Gasteiger charge is -2.11. The molecule has 0 aromatic heterocycles. The molecule has 0 aliphatic rings. The Hall–Kier alpha value is -1.83. The van der Waals surface area contributed by atoms with Crippen molar-refractivity contribution in [3.63, 3.8) is 0 Å². The molecular weight excluding hydrogens is 362 g/mol. The number of halogens is 2. The van der Waals surface area contributed by atoms with Crippen LogP contribution in [0.25, 0.3) is 0 Å². The molecule has 0 atom stereocenters. The van der Waals surface area contributed by atoms with Crippen molar-refractivity contribution in [3.8, 4) is 11.5 Å². The predicted octanol–water partition coefficient (Wildman–Crippen LogP) is 2.90. The van der Waals surface area contributed by atoms with Crippen LogP contribution in [0.2, 0.25) is 0 Å². The van der Waals surface area contributed by atoms with Gasteiger partial charge in [0.15, 0.2) is 0 Å². The van der Waals surface area contributed by atoms with Gasteiger partial charge in [0.05, 0.1) is 3.57 Å². The predicted molar refractivity (Wildman–Crippen MR) is 78.6 cm³/mol. The summed E-state index contributed by atoms with van der Waals surface area (Å²) >= 11 is 2.04. The Morgan fingerprint density at radius 3 is 2.58 bits per heavy atom. The number of amides is 1. The van der Waals surface area contributed by atoms with Gasteiger partial charge in [0.2, 0.25) is 0 Å². The fraction of sp³-hybridized carbons (Fsp3) is 0. The summed E-state index contributed by atoms with van der Waals surface area (Å²) in [4.78, 5) is 11.3. The summed E-state index contributed by atoms with van der Waals surface area (Å²) in [6.45, 7) is 0. The second-order valence-electron chi connectivity index (χ2n) is 3.77. The minimum absolute atomic E-state index is 0.0789. The molecule has 4 nitrogen and oxygen atoms in total. The van der Waals surface area contributed by atoms with Gasteiger partial charge < -0.3 is 16.2 Å². The highest BCUT2D eigenvalue weighted by atomic mass is 127. The van der Waals surface area contributed by atoms with Crippen LogP contribution in [0, 0.1) is 9.39 Å². The van der Waals surface area contributed by atoms with Gasteiger partial charge in [0.1, 0.15) is 22.9 Å². The topological polar surface area (TPSA) is 78.3 Å². The van der Waals surface area contributed by atoms with Crippen LogP contribution < -0.4 is 16.2 Å². The monoisotopic (exact) mass is 372 g/mol. The third-order valence-corrected chi connectivity index (χ3v) is 3.24. The lowest BCUT2D eigenvalue weighted by molar-refractivity contribution is 0.0994. The van der Waals surface area contributed by atoms with Crippen LogP contribution in [0.3, 0.4) is 0 Å². The molecule has 0 spiro atoms. The molecule has 2 aromatic carbocycles. The Bertz CT molecular complexity index is 647. The van der Waals surface area contributed by atoms with Gasteiger partial charge in [-0.15, -0.1) is 0 Å². The maximum absolute atomic E-state index is 13.6. The molecule has 19 heavy (non-hydrogen) atoms. The molecule has 1 amide bonds. The Morgan fingerprint density at radius 2 is 1.95 bits per heavy atom. The quantitative estimate of drug-likeness (QED) is 0.643. The van der Waals surface area contributed by atoms with Gasteiger partial charge in [-0.3, -0.25) is 4.79 Å². The summed E-state index contributed by atoms with van der Waals surface area (Å²) < 4.78 is 19.8. The second-order valence-corrected chi connectivity index (χ2v) is 4.93. The lowest BCUT2D eigenvalue weighted by Crippen LogP contribution is -2.14. The maximum atomic E-state index is 13.6. The fourth-order valence-corrected chi connectivity index (χ4v) is 2.20. The third kappa shape index (κ3) is 2.95. The first-order chi connectivity index (χ1) is 8.99. The summed E-state index contributed by atoms with van der Waals surface area (Å²) in [7, 11) is 0. The van der Waals surface area contributed by atoms with E-state index in [1.165, 1.54) is 12.1 Å². The Morgan fingerprint density at radius 1 is 1.21 bits per heavy atom. The minimum atomic E-state index is -0.876. The van der Waals surface area contributed by atoms with Crippen LogP contribution in [0.15, 0.2) is 36.4 Å². The van der Waals surface area contributed by atoms with Gasteiger partial charge in [0.25, 0.3) is 5.91 Å². The molecule has 6 heteroatoms. The SMILES string of the molecule is NC(=O)c1c(F)cccc1Oc1ccc(N)cc1I. The number of anilines is 1. The van der Waals surface area contributed by atoms with E-state index in [0.717, 1.165) is 9.64 Å². The van der Waals surface area contributed by atoms with E-state index in [2.05, 4.69) is 0 Å². The van der Waals surface area contributed by atoms with Crippen LogP contribution in [0.4, 0.5) is 10.1 Å². The number of carbonyl (C=O) groups excluding carboxylic acids is 1. The minimum Gasteiger partial charge on any atom is -0.455 e. The van der Waals surface area contributed by atoms with Crippen molar-refractivity contribution in [2.45, 2.75) is 0 Å². The zero-order valence-corrected chi connectivity index (χ0v) is 11.8. The highest BCUT2D eigenvalue weighted by Gasteiger charge is 2.16. The zero-order valence-electron chi connectivity index (χ0n) is 9.69. The number of hydrogen-bond donors (Lipinski definition) is 2. The molecule has 0 saturated heterocycles. The summed E-state index contributed by atoms with van der Waals surface area (Å²) in [5, 5.41) is 0. The van der Waals surface area contributed by atoms with Crippen molar-refractivity contribution in [2.75, 3.05) is 5.73 Å². The normalized spacial score (nSPS) is 10.2. The lowest BCUT2D eigenvalue weighted by atomic mass is 10.2. The first-order valence-electron chi connectivity index (χ1n) is 5.30. The van der Waals surface area contributed by atoms with E-state index in [9.17, 15) is 9.18 Å². The molecular formula is C13H10FIN2O2. The molecule has 0 saturated carbocycles. The number of hydrogen-bond acceptors (Lipinski definition) is 3. The van der Waals surface area contributed by atoms with Crippen molar-refractivity contribution in [3.05, 3.63) is 51.3 Å². The maximum Gasteiger partial charge on any atom is 0.255 e. The zero-order chi connectivity index (χ0) is 14.0. The number of nitrogen functional groups attached to an aromatic ring is 1. The van der Waals surface area contributed by atoms with E-state index in [4.69, 9.17) is 16.2 Å². The van der Waals surface area contributed by atoms with E-state index < -0.39 is 11.7 Å². The molecule has 2 rings (SSSR count). The molecule has 98 valence electrons. The first-order valence-corrected chi connectivity index (χ1v) is 6.38. The molecule has 0 unspecified atom stereocenters. The standard InChI is InChI=1S/C13H10FIN2O2/c14-8-2-1-3-11(12(8)13(17)18)19-10-5-4-7(16)6-9(10)15/h1-6H,16H2,(H2,17,18). The fourth-order valence-electron chi connectivity index (χ4n) is 1.55. The van der Waals surface area contributed by atoms with E-state index in [1.54, 1.807) is 18.2 Å². The molecule has 0 aliphatic heterocycles. The van der Waals surface area contributed by atoms with Crippen LogP contribution in [0.5, 0.6) is 11.5 Å². The Kier molecular flexibility index (Phi) is 3.89. The van der Waals surface area contributed by atoms with E-state index in [1.807, 2.05) is 22.6 Å². The number of rotatable bonds is 3. The van der Waals surface area contributed by atoms with Crippen molar-refractivity contribution >= 4 is 34.2 Å². The summed E-state index contributed by atoms with van der Waals surface area (Å²) in [6.07, 6.45) is 0. The number of benzene rings is 2. The van der Waals surface area contributed by atoms with Crippen LogP contribution >= 0.6 is 22.6 Å². The molecule has 2 aromatic rings. The summed E-state index contributed by atoms with van der Waals surface area (Å²) in [5.74, 6) is -1.04. The van der Waals surface area contributed by atoms with Gasteiger partial charge in [-0.2, -0.15) is 0 Å². The number of nitrogens with two attached hydrogens (primary N) is 2. The first kappa shape index (κ1) is 13.6. The average Bonchev–Trinajstić information content (AvgIpc) is 2.32. The molecule has 0 fully saturated rings. The van der Waals surface area contributed by atoms with Gasteiger partial charge in [-0.25, -0.2) is 4.39 Å². The van der Waals surface area contributed by atoms with Gasteiger partial charge in [-0.05, 0) is 52.9 Å². The number of ether oxygens (including phenoxy) is 1. The number of carbonyl (C=O) groups is 1. The summed E-state index contributed by atoms with van der Waals surface area (Å²) in [6, 6.07) is 9.09. The van der Waals surface area contributed by atoms with E-state index in [0.29, 0.717) is 11.4 Å². The number of primary amides is 1. The average molecular weight is 372 g/mol. The van der Waals surface area contributed by atoms with E-state index in [-0.39, 0.29) is 11.3 Å².